The highest BCUT2D eigenvalue weighted by atomic mass is 16.3. The van der Waals surface area contributed by atoms with Crippen LogP contribution in [-0.2, 0) is 0 Å². The molecule has 2 heteroatoms. The molecule has 1 atom stereocenters. The van der Waals surface area contributed by atoms with E-state index < -0.39 is 0 Å². The second kappa shape index (κ2) is 6.39. The molecule has 1 rings (SSSR count). The van der Waals surface area contributed by atoms with Gasteiger partial charge in [-0.1, -0.05) is 19.8 Å². The molecule has 0 saturated heterocycles. The molecule has 2 N–H and O–H groups in total. The van der Waals surface area contributed by atoms with E-state index in [0.717, 1.165) is 31.8 Å². The monoisotopic (exact) mass is 185 g/mol. The van der Waals surface area contributed by atoms with Crippen molar-refractivity contribution >= 4 is 0 Å². The SMILES string of the molecule is CCC(O)CCNCC1CCCC1. The molecule has 1 fully saturated rings. The summed E-state index contributed by atoms with van der Waals surface area (Å²) in [7, 11) is 0. The Labute approximate surface area is 81.7 Å². The van der Waals surface area contributed by atoms with E-state index in [2.05, 4.69) is 5.32 Å². The Morgan fingerprint density at radius 3 is 2.69 bits per heavy atom. The molecule has 0 aromatic carbocycles. The van der Waals surface area contributed by atoms with Crippen molar-refractivity contribution in [1.29, 1.82) is 0 Å². The molecule has 0 aromatic heterocycles. The molecule has 1 saturated carbocycles. The van der Waals surface area contributed by atoms with Gasteiger partial charge < -0.3 is 10.4 Å². The van der Waals surface area contributed by atoms with Gasteiger partial charge in [0, 0.05) is 0 Å². The van der Waals surface area contributed by atoms with Crippen molar-refractivity contribution < 1.29 is 5.11 Å². The lowest BCUT2D eigenvalue weighted by Gasteiger charge is -2.12. The maximum atomic E-state index is 9.31. The maximum absolute atomic E-state index is 9.31. The van der Waals surface area contributed by atoms with Crippen LogP contribution in [-0.4, -0.2) is 24.3 Å². The van der Waals surface area contributed by atoms with Gasteiger partial charge in [-0.25, -0.2) is 0 Å². The molecular weight excluding hydrogens is 162 g/mol. The first-order chi connectivity index (χ1) is 6.33. The van der Waals surface area contributed by atoms with Crippen molar-refractivity contribution in [2.45, 2.75) is 51.6 Å². The van der Waals surface area contributed by atoms with Gasteiger partial charge in [0.25, 0.3) is 0 Å². The van der Waals surface area contributed by atoms with Gasteiger partial charge in [-0.05, 0) is 44.7 Å². The van der Waals surface area contributed by atoms with Crippen molar-refractivity contribution in [3.8, 4) is 0 Å². The van der Waals surface area contributed by atoms with Crippen LogP contribution in [0.1, 0.15) is 45.4 Å². The Bertz CT molecular complexity index is 121. The number of aliphatic hydroxyl groups is 1. The fraction of sp³-hybridized carbons (Fsp3) is 1.00. The number of hydrogen-bond donors (Lipinski definition) is 2. The summed E-state index contributed by atoms with van der Waals surface area (Å²) in [6.07, 6.45) is 7.34. The Morgan fingerprint density at radius 2 is 2.08 bits per heavy atom. The molecule has 2 nitrogen and oxygen atoms in total. The Balaban J connectivity index is 1.88. The average Bonchev–Trinajstić information content (AvgIpc) is 2.64. The molecule has 0 spiro atoms. The van der Waals surface area contributed by atoms with E-state index in [4.69, 9.17) is 0 Å². The molecule has 1 aliphatic carbocycles. The number of hydrogen-bond acceptors (Lipinski definition) is 2. The van der Waals surface area contributed by atoms with Crippen molar-refractivity contribution in [1.82, 2.24) is 5.32 Å². The van der Waals surface area contributed by atoms with E-state index in [1.54, 1.807) is 0 Å². The lowest BCUT2D eigenvalue weighted by atomic mass is 10.1. The summed E-state index contributed by atoms with van der Waals surface area (Å²) < 4.78 is 0. The summed E-state index contributed by atoms with van der Waals surface area (Å²) in [6, 6.07) is 0. The summed E-state index contributed by atoms with van der Waals surface area (Å²) in [4.78, 5) is 0. The molecule has 1 aliphatic rings. The number of aliphatic hydroxyl groups excluding tert-OH is 1. The predicted molar refractivity (Wildman–Crippen MR) is 55.7 cm³/mol. The number of nitrogens with one attached hydrogen (secondary N) is 1. The van der Waals surface area contributed by atoms with Crippen LogP contribution in [0.4, 0.5) is 0 Å². The van der Waals surface area contributed by atoms with E-state index in [1.807, 2.05) is 6.92 Å². The van der Waals surface area contributed by atoms with Gasteiger partial charge in [-0.15, -0.1) is 0 Å². The van der Waals surface area contributed by atoms with Crippen molar-refractivity contribution in [3.63, 3.8) is 0 Å². The third kappa shape index (κ3) is 4.63. The molecule has 0 aliphatic heterocycles. The van der Waals surface area contributed by atoms with E-state index in [1.165, 1.54) is 25.7 Å². The normalized spacial score (nSPS) is 20.8. The van der Waals surface area contributed by atoms with Crippen LogP contribution < -0.4 is 5.32 Å². The Morgan fingerprint density at radius 1 is 1.38 bits per heavy atom. The fourth-order valence-electron chi connectivity index (χ4n) is 1.99. The second-order valence-corrected chi connectivity index (χ2v) is 4.21. The van der Waals surface area contributed by atoms with Gasteiger partial charge >= 0.3 is 0 Å². The highest BCUT2D eigenvalue weighted by Crippen LogP contribution is 2.23. The smallest absolute Gasteiger partial charge is 0.0549 e. The lowest BCUT2D eigenvalue weighted by molar-refractivity contribution is 0.159. The van der Waals surface area contributed by atoms with Gasteiger partial charge in [0.2, 0.25) is 0 Å². The zero-order chi connectivity index (χ0) is 9.52. The highest BCUT2D eigenvalue weighted by molar-refractivity contribution is 4.69. The fourth-order valence-corrected chi connectivity index (χ4v) is 1.99. The zero-order valence-electron chi connectivity index (χ0n) is 8.76. The minimum atomic E-state index is -0.101. The summed E-state index contributed by atoms with van der Waals surface area (Å²) in [6.45, 7) is 4.17. The lowest BCUT2D eigenvalue weighted by Crippen LogP contribution is -2.25. The summed E-state index contributed by atoms with van der Waals surface area (Å²) in [5.41, 5.74) is 0. The van der Waals surface area contributed by atoms with E-state index in [0.29, 0.717) is 0 Å². The molecule has 0 aromatic rings. The molecule has 0 radical (unpaired) electrons. The van der Waals surface area contributed by atoms with Gasteiger partial charge in [0.05, 0.1) is 6.10 Å². The van der Waals surface area contributed by atoms with Crippen LogP contribution in [0.3, 0.4) is 0 Å². The van der Waals surface area contributed by atoms with Crippen molar-refractivity contribution in [2.24, 2.45) is 5.92 Å². The molecule has 78 valence electrons. The van der Waals surface area contributed by atoms with Crippen LogP contribution in [0.5, 0.6) is 0 Å². The standard InChI is InChI=1S/C11H23NO/c1-2-11(13)7-8-12-9-10-5-3-4-6-10/h10-13H,2-9H2,1H3. The maximum Gasteiger partial charge on any atom is 0.0549 e. The summed E-state index contributed by atoms with van der Waals surface area (Å²) in [5, 5.41) is 12.7. The summed E-state index contributed by atoms with van der Waals surface area (Å²) in [5.74, 6) is 0.916. The predicted octanol–water partition coefficient (Wildman–Crippen LogP) is 1.93. The van der Waals surface area contributed by atoms with Crippen LogP contribution in [0, 0.1) is 5.92 Å². The molecule has 0 amide bonds. The summed E-state index contributed by atoms with van der Waals surface area (Å²) >= 11 is 0. The minimum absolute atomic E-state index is 0.101. The largest absolute Gasteiger partial charge is 0.393 e. The van der Waals surface area contributed by atoms with E-state index >= 15 is 0 Å². The Hall–Kier alpha value is -0.0800. The highest BCUT2D eigenvalue weighted by Gasteiger charge is 2.13. The molecule has 0 bridgehead atoms. The first kappa shape index (κ1) is 11.0. The van der Waals surface area contributed by atoms with Crippen LogP contribution >= 0.6 is 0 Å². The second-order valence-electron chi connectivity index (χ2n) is 4.21. The van der Waals surface area contributed by atoms with Crippen LogP contribution in [0.2, 0.25) is 0 Å². The van der Waals surface area contributed by atoms with Crippen LogP contribution in [0.15, 0.2) is 0 Å². The molecule has 1 unspecified atom stereocenters. The van der Waals surface area contributed by atoms with Gasteiger partial charge in [0.15, 0.2) is 0 Å². The van der Waals surface area contributed by atoms with Gasteiger partial charge in [-0.2, -0.15) is 0 Å². The Kier molecular flexibility index (Phi) is 5.40. The van der Waals surface area contributed by atoms with E-state index in [9.17, 15) is 5.11 Å². The molecule has 13 heavy (non-hydrogen) atoms. The quantitative estimate of drug-likeness (QED) is 0.620. The van der Waals surface area contributed by atoms with Crippen molar-refractivity contribution in [3.05, 3.63) is 0 Å². The van der Waals surface area contributed by atoms with Gasteiger partial charge in [0.1, 0.15) is 0 Å². The van der Waals surface area contributed by atoms with Crippen molar-refractivity contribution in [2.75, 3.05) is 13.1 Å². The molecular formula is C11H23NO. The van der Waals surface area contributed by atoms with E-state index in [-0.39, 0.29) is 6.10 Å². The van der Waals surface area contributed by atoms with Gasteiger partial charge in [-0.3, -0.25) is 0 Å². The third-order valence-electron chi connectivity index (χ3n) is 3.03. The minimum Gasteiger partial charge on any atom is -0.393 e. The number of rotatable bonds is 6. The first-order valence-electron chi connectivity index (χ1n) is 5.71. The zero-order valence-corrected chi connectivity index (χ0v) is 8.76. The topological polar surface area (TPSA) is 32.3 Å². The average molecular weight is 185 g/mol. The van der Waals surface area contributed by atoms with Crippen LogP contribution in [0.25, 0.3) is 0 Å². The first-order valence-corrected chi connectivity index (χ1v) is 5.71. The third-order valence-corrected chi connectivity index (χ3v) is 3.03. The molecule has 0 heterocycles.